The van der Waals surface area contributed by atoms with Crippen molar-refractivity contribution in [3.63, 3.8) is 0 Å². The zero-order valence-electron chi connectivity index (χ0n) is 11.2. The number of nitrogens with two attached hydrogens (primary N) is 1. The number of hydrogen-bond donors (Lipinski definition) is 1. The summed E-state index contributed by atoms with van der Waals surface area (Å²) in [4.78, 5) is 11.8. The van der Waals surface area contributed by atoms with Gasteiger partial charge in [0.2, 0.25) is 0 Å². The molecule has 1 heterocycles. The van der Waals surface area contributed by atoms with Crippen LogP contribution in [0.25, 0.3) is 0 Å². The molecule has 0 aromatic rings. The van der Waals surface area contributed by atoms with Crippen LogP contribution in [0.1, 0.15) is 57.8 Å². The van der Waals surface area contributed by atoms with Gasteiger partial charge in [-0.2, -0.15) is 0 Å². The Labute approximate surface area is 109 Å². The average molecular weight is 255 g/mol. The fourth-order valence-electron chi connectivity index (χ4n) is 2.90. The molecule has 1 saturated carbocycles. The first kappa shape index (κ1) is 13.8. The summed E-state index contributed by atoms with van der Waals surface area (Å²) in [7, 11) is 0. The molecule has 0 radical (unpaired) electrons. The van der Waals surface area contributed by atoms with E-state index >= 15 is 0 Å². The highest BCUT2D eigenvalue weighted by Gasteiger charge is 2.31. The Hall–Kier alpha value is -0.610. The molecule has 0 bridgehead atoms. The van der Waals surface area contributed by atoms with Crippen molar-refractivity contribution < 1.29 is 14.3 Å². The van der Waals surface area contributed by atoms with E-state index in [0.29, 0.717) is 13.0 Å². The second kappa shape index (κ2) is 6.53. The minimum Gasteiger partial charge on any atom is -0.463 e. The van der Waals surface area contributed by atoms with Gasteiger partial charge >= 0.3 is 5.97 Å². The van der Waals surface area contributed by atoms with Gasteiger partial charge < -0.3 is 15.2 Å². The van der Waals surface area contributed by atoms with Crippen LogP contribution >= 0.6 is 0 Å². The van der Waals surface area contributed by atoms with E-state index < -0.39 is 0 Å². The lowest BCUT2D eigenvalue weighted by Gasteiger charge is -2.32. The fourth-order valence-corrected chi connectivity index (χ4v) is 2.90. The molecule has 2 N–H and O–H groups in total. The number of hydrogen-bond acceptors (Lipinski definition) is 4. The lowest BCUT2D eigenvalue weighted by atomic mass is 9.80. The van der Waals surface area contributed by atoms with Gasteiger partial charge in [-0.3, -0.25) is 4.79 Å². The molecule has 2 aliphatic rings. The van der Waals surface area contributed by atoms with Gasteiger partial charge in [0, 0.05) is 12.1 Å². The van der Waals surface area contributed by atoms with Crippen molar-refractivity contribution in [1.29, 1.82) is 0 Å². The number of esters is 1. The Bertz CT molecular complexity index is 268. The third-order valence-electron chi connectivity index (χ3n) is 4.05. The molecule has 2 rings (SSSR count). The van der Waals surface area contributed by atoms with Crippen LogP contribution < -0.4 is 5.73 Å². The quantitative estimate of drug-likeness (QED) is 0.782. The molecule has 0 aromatic carbocycles. The average Bonchev–Trinajstić information content (AvgIpc) is 2.38. The second-order valence-electron chi connectivity index (χ2n) is 5.77. The molecular weight excluding hydrogens is 230 g/mol. The van der Waals surface area contributed by atoms with Crippen molar-refractivity contribution in [2.75, 3.05) is 13.2 Å². The summed E-state index contributed by atoms with van der Waals surface area (Å²) in [6.45, 7) is 1.19. The molecule has 1 aliphatic heterocycles. The van der Waals surface area contributed by atoms with Gasteiger partial charge in [0.25, 0.3) is 0 Å². The van der Waals surface area contributed by atoms with Crippen molar-refractivity contribution >= 4 is 5.97 Å². The molecule has 4 nitrogen and oxygen atoms in total. The van der Waals surface area contributed by atoms with Gasteiger partial charge in [-0.25, -0.2) is 0 Å². The van der Waals surface area contributed by atoms with Gasteiger partial charge in [0.15, 0.2) is 0 Å². The zero-order valence-corrected chi connectivity index (χ0v) is 11.2. The van der Waals surface area contributed by atoms with Gasteiger partial charge in [0.1, 0.15) is 6.61 Å². The Morgan fingerprint density at radius 1 is 1.22 bits per heavy atom. The number of carbonyl (C=O) groups excluding carboxylic acids is 1. The topological polar surface area (TPSA) is 61.6 Å². The van der Waals surface area contributed by atoms with E-state index in [2.05, 4.69) is 0 Å². The molecule has 1 unspecified atom stereocenters. The van der Waals surface area contributed by atoms with Crippen LogP contribution in [0.5, 0.6) is 0 Å². The van der Waals surface area contributed by atoms with Crippen LogP contribution in [0.3, 0.4) is 0 Å². The number of ether oxygens (including phenoxy) is 2. The minimum atomic E-state index is -0.317. The van der Waals surface area contributed by atoms with Crippen molar-refractivity contribution in [3.8, 4) is 0 Å². The molecular formula is C14H25NO3. The third kappa shape index (κ3) is 4.25. The van der Waals surface area contributed by atoms with E-state index in [9.17, 15) is 4.79 Å². The van der Waals surface area contributed by atoms with Crippen LogP contribution in [0.2, 0.25) is 0 Å². The summed E-state index contributed by atoms with van der Waals surface area (Å²) in [6, 6.07) is 0. The first-order chi connectivity index (χ1) is 8.68. The number of carbonyl (C=O) groups is 1. The Morgan fingerprint density at radius 2 is 2.00 bits per heavy atom. The molecule has 18 heavy (non-hydrogen) atoms. The van der Waals surface area contributed by atoms with E-state index in [4.69, 9.17) is 15.2 Å². The van der Waals surface area contributed by atoms with Crippen LogP contribution in [-0.2, 0) is 14.3 Å². The highest BCUT2D eigenvalue weighted by atomic mass is 16.6. The molecule has 0 aromatic heterocycles. The fraction of sp³-hybridized carbons (Fsp3) is 0.929. The first-order valence-electron chi connectivity index (χ1n) is 7.24. The van der Waals surface area contributed by atoms with E-state index in [1.165, 1.54) is 12.8 Å². The monoisotopic (exact) mass is 255 g/mol. The molecule has 0 spiro atoms. The molecule has 104 valence electrons. The number of rotatable bonds is 4. The van der Waals surface area contributed by atoms with Crippen molar-refractivity contribution in [2.45, 2.75) is 69.4 Å². The summed E-state index contributed by atoms with van der Waals surface area (Å²) >= 11 is 0. The van der Waals surface area contributed by atoms with Crippen LogP contribution in [-0.4, -0.2) is 30.8 Å². The maximum absolute atomic E-state index is 11.8. The summed E-state index contributed by atoms with van der Waals surface area (Å²) in [5.74, 6) is -0.159. The normalized spacial score (nSPS) is 27.7. The van der Waals surface area contributed by atoms with E-state index in [1.807, 2.05) is 0 Å². The standard InChI is InChI=1S/C14H25NO3/c15-14(7-3-1-4-8-14)10-13(16)18-11-12-6-2-5-9-17-12/h12H,1-11,15H2. The zero-order chi connectivity index (χ0) is 12.8. The minimum absolute atomic E-state index is 0.0998. The molecule has 0 amide bonds. The molecule has 2 fully saturated rings. The second-order valence-corrected chi connectivity index (χ2v) is 5.77. The molecule has 1 saturated heterocycles. The van der Waals surface area contributed by atoms with E-state index in [1.54, 1.807) is 0 Å². The largest absolute Gasteiger partial charge is 0.463 e. The van der Waals surface area contributed by atoms with E-state index in [0.717, 1.165) is 45.1 Å². The summed E-state index contributed by atoms with van der Waals surface area (Å²) < 4.78 is 10.8. The maximum atomic E-state index is 11.8. The van der Waals surface area contributed by atoms with Crippen molar-refractivity contribution in [3.05, 3.63) is 0 Å². The predicted molar refractivity (Wildman–Crippen MR) is 69.2 cm³/mol. The van der Waals surface area contributed by atoms with Crippen LogP contribution in [0, 0.1) is 0 Å². The Morgan fingerprint density at radius 3 is 2.67 bits per heavy atom. The Kier molecular flexibility index (Phi) is 5.01. The van der Waals surface area contributed by atoms with Crippen molar-refractivity contribution in [2.24, 2.45) is 5.73 Å². The summed E-state index contributed by atoms with van der Waals surface area (Å²) in [5.41, 5.74) is 5.92. The lowest BCUT2D eigenvalue weighted by Crippen LogP contribution is -2.44. The van der Waals surface area contributed by atoms with Crippen LogP contribution in [0.15, 0.2) is 0 Å². The molecule has 1 aliphatic carbocycles. The van der Waals surface area contributed by atoms with E-state index in [-0.39, 0.29) is 17.6 Å². The molecule has 1 atom stereocenters. The molecule has 4 heteroatoms. The van der Waals surface area contributed by atoms with Crippen LogP contribution in [0.4, 0.5) is 0 Å². The summed E-state index contributed by atoms with van der Waals surface area (Å²) in [5, 5.41) is 0. The van der Waals surface area contributed by atoms with Gasteiger partial charge in [-0.15, -0.1) is 0 Å². The Balaban J connectivity index is 1.67. The highest BCUT2D eigenvalue weighted by molar-refractivity contribution is 5.70. The maximum Gasteiger partial charge on any atom is 0.307 e. The lowest BCUT2D eigenvalue weighted by molar-refractivity contribution is -0.150. The van der Waals surface area contributed by atoms with Crippen molar-refractivity contribution in [1.82, 2.24) is 0 Å². The van der Waals surface area contributed by atoms with Gasteiger partial charge in [0.05, 0.1) is 12.5 Å². The van der Waals surface area contributed by atoms with Gasteiger partial charge in [-0.1, -0.05) is 19.3 Å². The van der Waals surface area contributed by atoms with Gasteiger partial charge in [-0.05, 0) is 32.1 Å². The highest BCUT2D eigenvalue weighted by Crippen LogP contribution is 2.29. The summed E-state index contributed by atoms with van der Waals surface area (Å²) in [6.07, 6.45) is 9.15. The SMILES string of the molecule is NC1(CC(=O)OCC2CCCCO2)CCCCC1. The predicted octanol–water partition coefficient (Wildman–Crippen LogP) is 2.15. The third-order valence-corrected chi connectivity index (χ3v) is 4.05. The first-order valence-corrected chi connectivity index (χ1v) is 7.24. The smallest absolute Gasteiger partial charge is 0.307 e.